The third-order valence-corrected chi connectivity index (χ3v) is 7.30. The number of aryl methyl sites for hydroxylation is 1. The minimum absolute atomic E-state index is 0.608. The zero-order chi connectivity index (χ0) is 18.0. The summed E-state index contributed by atoms with van der Waals surface area (Å²) in [5, 5.41) is 6.39. The van der Waals surface area contributed by atoms with Crippen LogP contribution in [0.4, 0.5) is 5.69 Å². The highest BCUT2D eigenvalue weighted by molar-refractivity contribution is 5.93. The molecule has 3 aliphatic rings. The van der Waals surface area contributed by atoms with Crippen LogP contribution in [0, 0.1) is 18.3 Å². The topological polar surface area (TPSA) is 28.2 Å². The molecule has 0 amide bonds. The quantitative estimate of drug-likeness (QED) is 0.740. The van der Waals surface area contributed by atoms with Crippen molar-refractivity contribution in [3.63, 3.8) is 0 Å². The van der Waals surface area contributed by atoms with Crippen molar-refractivity contribution >= 4 is 16.5 Å². The summed E-state index contributed by atoms with van der Waals surface area (Å²) in [6, 6.07) is 19.1. The predicted octanol–water partition coefficient (Wildman–Crippen LogP) is 4.62. The van der Waals surface area contributed by atoms with E-state index in [9.17, 15) is 0 Å². The van der Waals surface area contributed by atoms with Crippen molar-refractivity contribution in [3.8, 4) is 0 Å². The van der Waals surface area contributed by atoms with Crippen LogP contribution >= 0.6 is 0 Å². The molecule has 2 aliphatic carbocycles. The number of nitrogens with one attached hydrogen (secondary N) is 1. The van der Waals surface area contributed by atoms with Gasteiger partial charge in [0.1, 0.15) is 0 Å². The van der Waals surface area contributed by atoms with Crippen LogP contribution in [0.15, 0.2) is 60.9 Å². The van der Waals surface area contributed by atoms with Gasteiger partial charge in [-0.1, -0.05) is 42.0 Å². The van der Waals surface area contributed by atoms with Gasteiger partial charge in [0.15, 0.2) is 0 Å². The smallest absolute Gasteiger partial charge is 0.0423 e. The number of rotatable bonds is 4. The van der Waals surface area contributed by atoms with Crippen molar-refractivity contribution in [2.45, 2.75) is 38.4 Å². The van der Waals surface area contributed by atoms with Gasteiger partial charge in [-0.05, 0) is 48.8 Å². The maximum Gasteiger partial charge on any atom is 0.0423 e. The van der Waals surface area contributed by atoms with Crippen LogP contribution in [-0.2, 0) is 6.54 Å². The van der Waals surface area contributed by atoms with Crippen molar-refractivity contribution < 1.29 is 0 Å². The van der Waals surface area contributed by atoms with Crippen LogP contribution in [-0.4, -0.2) is 28.5 Å². The Morgan fingerprint density at radius 2 is 2.00 bits per heavy atom. The summed E-state index contributed by atoms with van der Waals surface area (Å²) in [5.41, 5.74) is 4.69. The average molecular weight is 355 g/mol. The molecule has 2 saturated carbocycles. The molecule has 1 aromatic heterocycles. The molecule has 0 radical (unpaired) electrons. The Labute approximate surface area is 160 Å². The number of likely N-dealkylation sites (tertiary alicyclic amines) is 1. The van der Waals surface area contributed by atoms with Crippen molar-refractivity contribution in [2.75, 3.05) is 11.9 Å². The maximum absolute atomic E-state index is 4.26. The van der Waals surface area contributed by atoms with Gasteiger partial charge < -0.3 is 5.32 Å². The molecule has 3 aromatic rings. The number of hydrogen-bond donors (Lipinski definition) is 1. The van der Waals surface area contributed by atoms with Crippen LogP contribution < -0.4 is 5.32 Å². The first kappa shape index (κ1) is 15.6. The molecule has 2 heterocycles. The molecule has 1 spiro atoms. The zero-order valence-electron chi connectivity index (χ0n) is 15.7. The lowest BCUT2D eigenvalue weighted by Gasteiger charge is -2.44. The standard InChI is InChI=1S/C24H25N3/c1-16-5-7-17(8-6-16)14-27-15-20-22(11-24(20)12-23(24)27)26-21-4-2-3-18-13-25-10-9-19(18)21/h2-10,13,20,22-23,26H,11-12,14-15H2,1H3. The molecule has 2 aromatic carbocycles. The van der Waals surface area contributed by atoms with Gasteiger partial charge in [-0.25, -0.2) is 0 Å². The molecule has 6 rings (SSSR count). The second-order valence-electron chi connectivity index (χ2n) is 8.83. The number of piperidine rings is 1. The van der Waals surface area contributed by atoms with Crippen LogP contribution in [0.5, 0.6) is 0 Å². The van der Waals surface area contributed by atoms with E-state index in [1.54, 1.807) is 0 Å². The number of benzene rings is 2. The van der Waals surface area contributed by atoms with E-state index in [0.29, 0.717) is 11.5 Å². The van der Waals surface area contributed by atoms with E-state index in [-0.39, 0.29) is 0 Å². The molecule has 3 heteroatoms. The Hall–Kier alpha value is -2.39. The van der Waals surface area contributed by atoms with Crippen molar-refractivity contribution in [1.29, 1.82) is 0 Å². The summed E-state index contributed by atoms with van der Waals surface area (Å²) in [4.78, 5) is 7.00. The van der Waals surface area contributed by atoms with Gasteiger partial charge in [0.2, 0.25) is 0 Å². The van der Waals surface area contributed by atoms with Crippen molar-refractivity contribution in [2.24, 2.45) is 11.3 Å². The van der Waals surface area contributed by atoms with E-state index in [4.69, 9.17) is 0 Å². The Morgan fingerprint density at radius 1 is 1.11 bits per heavy atom. The van der Waals surface area contributed by atoms with Crippen LogP contribution in [0.2, 0.25) is 0 Å². The van der Waals surface area contributed by atoms with E-state index in [1.807, 2.05) is 12.4 Å². The van der Waals surface area contributed by atoms with Crippen LogP contribution in [0.25, 0.3) is 10.8 Å². The summed E-state index contributed by atoms with van der Waals surface area (Å²) in [5.74, 6) is 0.796. The normalized spacial score (nSPS) is 31.2. The van der Waals surface area contributed by atoms with Gasteiger partial charge >= 0.3 is 0 Å². The highest BCUT2D eigenvalue weighted by Crippen LogP contribution is 2.71. The number of nitrogens with zero attached hydrogens (tertiary/aromatic N) is 2. The van der Waals surface area contributed by atoms with E-state index in [2.05, 4.69) is 70.7 Å². The zero-order valence-corrected chi connectivity index (χ0v) is 15.7. The van der Waals surface area contributed by atoms with Gasteiger partial charge in [-0.3, -0.25) is 9.88 Å². The Morgan fingerprint density at radius 3 is 2.89 bits per heavy atom. The number of fused-ring (bicyclic) bond motifs is 1. The molecule has 0 bridgehead atoms. The second-order valence-corrected chi connectivity index (χ2v) is 8.83. The predicted molar refractivity (Wildman–Crippen MR) is 110 cm³/mol. The van der Waals surface area contributed by atoms with E-state index < -0.39 is 0 Å². The molecule has 4 unspecified atom stereocenters. The average Bonchev–Trinajstić information content (AvgIpc) is 3.39. The van der Waals surface area contributed by atoms with Gasteiger partial charge in [-0.15, -0.1) is 0 Å². The van der Waals surface area contributed by atoms with Crippen molar-refractivity contribution in [1.82, 2.24) is 9.88 Å². The molecule has 1 saturated heterocycles. The maximum atomic E-state index is 4.26. The fraction of sp³-hybridized carbons (Fsp3) is 0.375. The van der Waals surface area contributed by atoms with Gasteiger partial charge in [-0.2, -0.15) is 0 Å². The van der Waals surface area contributed by atoms with Crippen molar-refractivity contribution in [3.05, 3.63) is 72.1 Å². The molecule has 1 aliphatic heterocycles. The number of pyridine rings is 1. The van der Waals surface area contributed by atoms with E-state index in [1.165, 1.54) is 47.0 Å². The minimum Gasteiger partial charge on any atom is -0.381 e. The van der Waals surface area contributed by atoms with Crippen LogP contribution in [0.1, 0.15) is 24.0 Å². The van der Waals surface area contributed by atoms with Crippen LogP contribution in [0.3, 0.4) is 0 Å². The fourth-order valence-electron chi connectivity index (χ4n) is 5.75. The molecule has 27 heavy (non-hydrogen) atoms. The monoisotopic (exact) mass is 355 g/mol. The molecule has 3 fully saturated rings. The number of anilines is 1. The highest BCUT2D eigenvalue weighted by atomic mass is 15.3. The van der Waals surface area contributed by atoms with Gasteiger partial charge in [0, 0.05) is 54.0 Å². The second kappa shape index (κ2) is 5.56. The van der Waals surface area contributed by atoms with Gasteiger partial charge in [0.25, 0.3) is 0 Å². The van der Waals surface area contributed by atoms with E-state index >= 15 is 0 Å². The number of hydrogen-bond acceptors (Lipinski definition) is 3. The summed E-state index contributed by atoms with van der Waals surface area (Å²) in [6.07, 6.45) is 6.58. The largest absolute Gasteiger partial charge is 0.381 e. The number of aromatic nitrogens is 1. The molecule has 3 nitrogen and oxygen atoms in total. The lowest BCUT2D eigenvalue weighted by molar-refractivity contribution is 0.148. The van der Waals surface area contributed by atoms with Gasteiger partial charge in [0.05, 0.1) is 0 Å². The Balaban J connectivity index is 1.19. The fourth-order valence-corrected chi connectivity index (χ4v) is 5.75. The lowest BCUT2D eigenvalue weighted by atomic mass is 9.67. The van der Waals surface area contributed by atoms with E-state index in [0.717, 1.165) is 18.5 Å². The molecular weight excluding hydrogens is 330 g/mol. The molecule has 1 N–H and O–H groups in total. The summed E-state index contributed by atoms with van der Waals surface area (Å²) < 4.78 is 0. The lowest BCUT2D eigenvalue weighted by Crippen LogP contribution is -2.48. The molecule has 136 valence electrons. The highest BCUT2D eigenvalue weighted by Gasteiger charge is 2.73. The summed E-state index contributed by atoms with van der Waals surface area (Å²) in [7, 11) is 0. The Bertz CT molecular complexity index is 1010. The first-order valence-electron chi connectivity index (χ1n) is 10.1. The first-order chi connectivity index (χ1) is 13.2. The Kier molecular flexibility index (Phi) is 3.22. The third-order valence-electron chi connectivity index (χ3n) is 7.30. The summed E-state index contributed by atoms with van der Waals surface area (Å²) >= 11 is 0. The summed E-state index contributed by atoms with van der Waals surface area (Å²) in [6.45, 7) is 4.51. The first-order valence-corrected chi connectivity index (χ1v) is 10.1. The third kappa shape index (κ3) is 2.34. The molecular formula is C24H25N3. The molecule has 4 atom stereocenters. The minimum atomic E-state index is 0.608. The SMILES string of the molecule is Cc1ccc(CN2CC3C(Nc4cccc5cnccc45)CC34CC24)cc1.